The Balaban J connectivity index is 2.11. The van der Waals surface area contributed by atoms with E-state index in [1.54, 1.807) is 23.7 Å². The van der Waals surface area contributed by atoms with Crippen molar-refractivity contribution in [3.63, 3.8) is 0 Å². The molecule has 0 saturated heterocycles. The van der Waals surface area contributed by atoms with Crippen molar-refractivity contribution < 1.29 is 13.9 Å². The number of halogens is 2. The molecule has 2 aromatic rings. The van der Waals surface area contributed by atoms with E-state index in [1.807, 2.05) is 13.0 Å². The van der Waals surface area contributed by atoms with Crippen molar-refractivity contribution in [3.8, 4) is 0 Å². The number of carbonyl (C=O) groups is 1. The fraction of sp³-hybridized carbons (Fsp3) is 0.214. The smallest absolute Gasteiger partial charge is 0.355 e. The lowest BCUT2D eigenvalue weighted by atomic mass is 10.2. The van der Waals surface area contributed by atoms with Crippen LogP contribution in [0.15, 0.2) is 30.3 Å². The highest BCUT2D eigenvalue weighted by Crippen LogP contribution is 2.20. The van der Waals surface area contributed by atoms with Gasteiger partial charge >= 0.3 is 5.97 Å². The standard InChI is InChI=1S/C14H13ClFNO2/c1-9-6-7-13(17(9)2)14(18)19-8-10-11(15)4-3-5-12(10)16/h3-7H,8H2,1-2H3. The van der Waals surface area contributed by atoms with Crippen LogP contribution in [-0.4, -0.2) is 10.5 Å². The lowest BCUT2D eigenvalue weighted by molar-refractivity contribution is 0.0457. The fourth-order valence-electron chi connectivity index (χ4n) is 1.70. The molecule has 0 spiro atoms. The molecule has 1 aromatic carbocycles. The first-order valence-corrected chi connectivity index (χ1v) is 6.11. The van der Waals surface area contributed by atoms with Crippen LogP contribution in [-0.2, 0) is 18.4 Å². The van der Waals surface area contributed by atoms with Crippen LogP contribution in [0, 0.1) is 12.7 Å². The molecule has 1 aromatic heterocycles. The number of hydrogen-bond acceptors (Lipinski definition) is 2. The number of hydrogen-bond donors (Lipinski definition) is 0. The molecule has 0 radical (unpaired) electrons. The molecule has 0 amide bonds. The molecule has 0 saturated carbocycles. The predicted molar refractivity (Wildman–Crippen MR) is 70.7 cm³/mol. The molecule has 0 unspecified atom stereocenters. The summed E-state index contributed by atoms with van der Waals surface area (Å²) in [5, 5.41) is 0.246. The number of nitrogens with zero attached hydrogens (tertiary/aromatic N) is 1. The van der Waals surface area contributed by atoms with Crippen LogP contribution < -0.4 is 0 Å². The third-order valence-corrected chi connectivity index (χ3v) is 3.35. The summed E-state index contributed by atoms with van der Waals surface area (Å²) < 4.78 is 20.3. The molecule has 0 N–H and O–H groups in total. The third kappa shape index (κ3) is 2.79. The van der Waals surface area contributed by atoms with Gasteiger partial charge in [0.15, 0.2) is 0 Å². The van der Waals surface area contributed by atoms with E-state index in [9.17, 15) is 9.18 Å². The molecule has 0 bridgehead atoms. The number of aromatic nitrogens is 1. The number of aryl methyl sites for hydroxylation is 1. The van der Waals surface area contributed by atoms with Crippen LogP contribution in [0.4, 0.5) is 4.39 Å². The van der Waals surface area contributed by atoms with Crippen molar-refractivity contribution >= 4 is 17.6 Å². The van der Waals surface area contributed by atoms with E-state index in [4.69, 9.17) is 16.3 Å². The SMILES string of the molecule is Cc1ccc(C(=O)OCc2c(F)cccc2Cl)n1C. The summed E-state index contributed by atoms with van der Waals surface area (Å²) in [5.41, 5.74) is 1.55. The fourth-order valence-corrected chi connectivity index (χ4v) is 1.92. The summed E-state index contributed by atoms with van der Waals surface area (Å²) in [5.74, 6) is -0.988. The van der Waals surface area contributed by atoms with Gasteiger partial charge in [-0.2, -0.15) is 0 Å². The van der Waals surface area contributed by atoms with Crippen LogP contribution in [0.1, 0.15) is 21.7 Å². The number of benzene rings is 1. The minimum atomic E-state index is -0.505. The van der Waals surface area contributed by atoms with Gasteiger partial charge in [0.05, 0.1) is 5.02 Å². The maximum Gasteiger partial charge on any atom is 0.355 e. The molecule has 5 heteroatoms. The van der Waals surface area contributed by atoms with Crippen molar-refractivity contribution in [2.75, 3.05) is 0 Å². The molecule has 2 rings (SSSR count). The lowest BCUT2D eigenvalue weighted by Gasteiger charge is -2.08. The molecule has 0 fully saturated rings. The summed E-state index contributed by atoms with van der Waals surface area (Å²) >= 11 is 5.86. The van der Waals surface area contributed by atoms with Crippen molar-refractivity contribution in [3.05, 3.63) is 58.1 Å². The van der Waals surface area contributed by atoms with Gasteiger partial charge in [-0.05, 0) is 31.2 Å². The quantitative estimate of drug-likeness (QED) is 0.807. The predicted octanol–water partition coefficient (Wildman–Crippen LogP) is 3.48. The van der Waals surface area contributed by atoms with Gasteiger partial charge in [-0.1, -0.05) is 17.7 Å². The second-order valence-corrected chi connectivity index (χ2v) is 4.60. The molecule has 0 aliphatic carbocycles. The molecule has 19 heavy (non-hydrogen) atoms. The van der Waals surface area contributed by atoms with Gasteiger partial charge in [0, 0.05) is 18.3 Å². The van der Waals surface area contributed by atoms with Crippen LogP contribution in [0.2, 0.25) is 5.02 Å². The number of carbonyl (C=O) groups excluding carboxylic acids is 1. The van der Waals surface area contributed by atoms with Gasteiger partial charge in [-0.15, -0.1) is 0 Å². The monoisotopic (exact) mass is 281 g/mol. The Bertz CT molecular complexity index is 602. The van der Waals surface area contributed by atoms with Crippen LogP contribution in [0.25, 0.3) is 0 Å². The maximum atomic E-state index is 13.5. The first kappa shape index (κ1) is 13.6. The highest BCUT2D eigenvalue weighted by atomic mass is 35.5. The zero-order valence-electron chi connectivity index (χ0n) is 10.6. The number of esters is 1. The summed E-state index contributed by atoms with van der Waals surface area (Å²) in [7, 11) is 1.77. The van der Waals surface area contributed by atoms with Crippen LogP contribution in [0.5, 0.6) is 0 Å². The normalized spacial score (nSPS) is 10.5. The summed E-state index contributed by atoms with van der Waals surface area (Å²) in [4.78, 5) is 11.9. The van der Waals surface area contributed by atoms with E-state index in [0.29, 0.717) is 5.69 Å². The van der Waals surface area contributed by atoms with Crippen molar-refractivity contribution in [1.82, 2.24) is 4.57 Å². The first-order valence-electron chi connectivity index (χ1n) is 5.73. The van der Waals surface area contributed by atoms with Crippen LogP contribution >= 0.6 is 11.6 Å². The van der Waals surface area contributed by atoms with E-state index >= 15 is 0 Å². The van der Waals surface area contributed by atoms with Gasteiger partial charge in [-0.25, -0.2) is 9.18 Å². The summed E-state index contributed by atoms with van der Waals surface area (Å²) in [6, 6.07) is 7.82. The average Bonchev–Trinajstić information content (AvgIpc) is 2.69. The molecule has 3 nitrogen and oxygen atoms in total. The second-order valence-electron chi connectivity index (χ2n) is 4.20. The van der Waals surface area contributed by atoms with Gasteiger partial charge < -0.3 is 9.30 Å². The van der Waals surface area contributed by atoms with E-state index in [1.165, 1.54) is 12.1 Å². The zero-order valence-corrected chi connectivity index (χ0v) is 11.4. The lowest BCUT2D eigenvalue weighted by Crippen LogP contribution is -2.11. The molecular weight excluding hydrogens is 269 g/mol. The minimum absolute atomic E-state index is 0.184. The largest absolute Gasteiger partial charge is 0.456 e. The van der Waals surface area contributed by atoms with Gasteiger partial charge in [0.2, 0.25) is 0 Å². The first-order chi connectivity index (χ1) is 9.00. The van der Waals surface area contributed by atoms with Crippen LogP contribution in [0.3, 0.4) is 0 Å². The maximum absolute atomic E-state index is 13.5. The van der Waals surface area contributed by atoms with E-state index in [-0.39, 0.29) is 17.2 Å². The third-order valence-electron chi connectivity index (χ3n) is 2.99. The molecule has 1 heterocycles. The molecule has 0 atom stereocenters. The Morgan fingerprint density at radius 1 is 1.37 bits per heavy atom. The number of ether oxygens (including phenoxy) is 1. The highest BCUT2D eigenvalue weighted by molar-refractivity contribution is 6.31. The zero-order chi connectivity index (χ0) is 14.0. The topological polar surface area (TPSA) is 31.2 Å². The van der Waals surface area contributed by atoms with Gasteiger partial charge in [0.1, 0.15) is 18.1 Å². The van der Waals surface area contributed by atoms with E-state index < -0.39 is 11.8 Å². The minimum Gasteiger partial charge on any atom is -0.456 e. The Labute approximate surface area is 115 Å². The average molecular weight is 282 g/mol. The Morgan fingerprint density at radius 3 is 2.68 bits per heavy atom. The Morgan fingerprint density at radius 2 is 2.11 bits per heavy atom. The Hall–Kier alpha value is -1.81. The second kappa shape index (κ2) is 5.45. The van der Waals surface area contributed by atoms with Gasteiger partial charge in [-0.3, -0.25) is 0 Å². The van der Waals surface area contributed by atoms with E-state index in [2.05, 4.69) is 0 Å². The Kier molecular flexibility index (Phi) is 3.90. The summed E-state index contributed by atoms with van der Waals surface area (Å²) in [6.07, 6.45) is 0. The van der Waals surface area contributed by atoms with E-state index in [0.717, 1.165) is 5.69 Å². The molecule has 100 valence electrons. The molecule has 0 aliphatic heterocycles. The van der Waals surface area contributed by atoms with Crippen molar-refractivity contribution in [2.45, 2.75) is 13.5 Å². The van der Waals surface area contributed by atoms with Gasteiger partial charge in [0.25, 0.3) is 0 Å². The van der Waals surface area contributed by atoms with Crippen molar-refractivity contribution in [2.24, 2.45) is 7.05 Å². The molecule has 0 aliphatic rings. The molecular formula is C14H13ClFNO2. The summed E-state index contributed by atoms with van der Waals surface area (Å²) in [6.45, 7) is 1.69. The highest BCUT2D eigenvalue weighted by Gasteiger charge is 2.14. The number of rotatable bonds is 3. The van der Waals surface area contributed by atoms with Crippen molar-refractivity contribution in [1.29, 1.82) is 0 Å².